The van der Waals surface area contributed by atoms with Crippen molar-refractivity contribution in [2.75, 3.05) is 19.6 Å². The van der Waals surface area contributed by atoms with Crippen molar-refractivity contribution in [2.45, 2.75) is 32.6 Å². The van der Waals surface area contributed by atoms with Crippen LogP contribution in [-0.4, -0.2) is 29.5 Å². The van der Waals surface area contributed by atoms with E-state index in [1.165, 1.54) is 37.6 Å². The molecule has 0 unspecified atom stereocenters. The Balaban J connectivity index is 1.63. The number of aryl methyl sites for hydroxylation is 1. The van der Waals surface area contributed by atoms with E-state index in [0.717, 1.165) is 28.8 Å². The van der Waals surface area contributed by atoms with Crippen molar-refractivity contribution in [1.29, 1.82) is 0 Å². The number of likely N-dealkylation sites (tertiary alicyclic amines) is 1. The average molecular weight is 375 g/mol. The quantitative estimate of drug-likeness (QED) is 0.516. The largest absolute Gasteiger partial charge is 0.304 e. The summed E-state index contributed by atoms with van der Waals surface area (Å²) in [7, 11) is 0. The number of piperidine rings is 1. The molecular weight excluding hydrogens is 347 g/mol. The van der Waals surface area contributed by atoms with Gasteiger partial charge in [-0.3, -0.25) is 0 Å². The second-order valence-corrected chi connectivity index (χ2v) is 7.73. The molecule has 0 amide bonds. The summed E-state index contributed by atoms with van der Waals surface area (Å²) in [5.41, 5.74) is 6.46. The molecule has 0 spiro atoms. The van der Waals surface area contributed by atoms with Crippen LogP contribution in [0.3, 0.4) is 0 Å². The van der Waals surface area contributed by atoms with Crippen molar-refractivity contribution in [2.24, 2.45) is 0 Å². The maximum atomic E-state index is 13.7. The van der Waals surface area contributed by atoms with Gasteiger partial charge in [0.2, 0.25) is 5.95 Å². The smallest absolute Gasteiger partial charge is 0.213 e. The number of benzene rings is 2. The first-order valence-electron chi connectivity index (χ1n) is 10.2. The number of nitrogens with zero attached hydrogens (tertiary/aromatic N) is 2. The fourth-order valence-electron chi connectivity index (χ4n) is 4.20. The molecule has 0 N–H and O–H groups in total. The summed E-state index contributed by atoms with van der Waals surface area (Å²) >= 11 is 0. The monoisotopic (exact) mass is 374 g/mol. The minimum Gasteiger partial charge on any atom is -0.304 e. The highest BCUT2D eigenvalue weighted by atomic mass is 19.1. The lowest BCUT2D eigenvalue weighted by atomic mass is 9.88. The summed E-state index contributed by atoms with van der Waals surface area (Å²) in [5.74, 6) is 0.206. The highest BCUT2D eigenvalue weighted by Crippen LogP contribution is 2.34. The number of hydrogen-bond acceptors (Lipinski definition) is 2. The summed E-state index contributed by atoms with van der Waals surface area (Å²) in [4.78, 5) is 6.63. The Morgan fingerprint density at radius 2 is 1.71 bits per heavy atom. The summed E-state index contributed by atoms with van der Waals surface area (Å²) in [6, 6.07) is 20.2. The molecule has 4 rings (SSSR count). The molecule has 2 aromatic carbocycles. The van der Waals surface area contributed by atoms with Gasteiger partial charge in [0, 0.05) is 5.56 Å². The normalized spacial score (nSPS) is 15.7. The van der Waals surface area contributed by atoms with Gasteiger partial charge in [-0.1, -0.05) is 55.0 Å². The summed E-state index contributed by atoms with van der Waals surface area (Å²) in [5, 5.41) is 0. The molecule has 2 nitrogen and oxygen atoms in total. The van der Waals surface area contributed by atoms with Gasteiger partial charge < -0.3 is 4.90 Å². The Kier molecular flexibility index (Phi) is 5.54. The van der Waals surface area contributed by atoms with Crippen LogP contribution in [0.25, 0.3) is 22.4 Å². The molecule has 1 saturated heterocycles. The molecule has 0 saturated carbocycles. The Labute approximate surface area is 167 Å². The first-order valence-corrected chi connectivity index (χ1v) is 10.2. The predicted octanol–water partition coefficient (Wildman–Crippen LogP) is 6.06. The highest BCUT2D eigenvalue weighted by molar-refractivity contribution is 5.82. The summed E-state index contributed by atoms with van der Waals surface area (Å²) in [6.07, 6.45) is 2.46. The number of pyridine rings is 1. The molecular formula is C25H27FN2. The molecule has 0 atom stereocenters. The van der Waals surface area contributed by atoms with E-state index in [1.807, 2.05) is 6.07 Å². The Morgan fingerprint density at radius 3 is 2.39 bits per heavy atom. The molecule has 1 aliphatic rings. The van der Waals surface area contributed by atoms with Crippen LogP contribution in [0.2, 0.25) is 0 Å². The van der Waals surface area contributed by atoms with Crippen molar-refractivity contribution < 1.29 is 4.39 Å². The van der Waals surface area contributed by atoms with E-state index in [9.17, 15) is 4.39 Å². The van der Waals surface area contributed by atoms with E-state index in [-0.39, 0.29) is 0 Å². The number of rotatable bonds is 4. The molecule has 0 bridgehead atoms. The van der Waals surface area contributed by atoms with Crippen LogP contribution in [0.1, 0.15) is 36.8 Å². The minimum absolute atomic E-state index is 0.446. The Morgan fingerprint density at radius 1 is 0.964 bits per heavy atom. The molecule has 3 heteroatoms. The van der Waals surface area contributed by atoms with Crippen molar-refractivity contribution in [3.8, 4) is 22.4 Å². The predicted molar refractivity (Wildman–Crippen MR) is 114 cm³/mol. The number of halogens is 1. The van der Waals surface area contributed by atoms with Crippen LogP contribution in [0, 0.1) is 12.9 Å². The van der Waals surface area contributed by atoms with Gasteiger partial charge >= 0.3 is 0 Å². The molecule has 144 valence electrons. The molecule has 0 radical (unpaired) electrons. The van der Waals surface area contributed by atoms with Gasteiger partial charge in [-0.15, -0.1) is 0 Å². The van der Waals surface area contributed by atoms with Gasteiger partial charge in [0.05, 0.1) is 5.69 Å². The van der Waals surface area contributed by atoms with E-state index in [2.05, 4.69) is 66.2 Å². The van der Waals surface area contributed by atoms with Crippen molar-refractivity contribution >= 4 is 0 Å². The maximum absolute atomic E-state index is 13.7. The molecule has 0 aliphatic carbocycles. The third kappa shape index (κ3) is 4.00. The molecule has 1 aromatic heterocycles. The summed E-state index contributed by atoms with van der Waals surface area (Å²) in [6.45, 7) is 7.82. The zero-order valence-electron chi connectivity index (χ0n) is 16.7. The minimum atomic E-state index is -0.446. The van der Waals surface area contributed by atoms with Gasteiger partial charge in [-0.25, -0.2) is 4.98 Å². The van der Waals surface area contributed by atoms with Gasteiger partial charge in [-0.05, 0) is 80.2 Å². The molecule has 1 aliphatic heterocycles. The maximum Gasteiger partial charge on any atom is 0.213 e. The van der Waals surface area contributed by atoms with Crippen molar-refractivity contribution in [3.05, 3.63) is 77.7 Å². The first kappa shape index (κ1) is 18.8. The number of hydrogen-bond donors (Lipinski definition) is 0. The zero-order chi connectivity index (χ0) is 19.5. The van der Waals surface area contributed by atoms with Crippen LogP contribution in [0.5, 0.6) is 0 Å². The van der Waals surface area contributed by atoms with Gasteiger partial charge in [-0.2, -0.15) is 4.39 Å². The SMILES string of the molecule is CCN1CCC(c2ccc(-c3ccc(C)cc3-c3cccc(F)n3)cc2)CC1. The molecule has 1 fully saturated rings. The van der Waals surface area contributed by atoms with Crippen LogP contribution in [0.4, 0.5) is 4.39 Å². The standard InChI is InChI=1S/C25H27FN2/c1-3-28-15-13-20(14-16-28)19-8-10-21(11-9-19)22-12-7-18(2)17-23(22)24-5-4-6-25(26)27-24/h4-12,17,20H,3,13-16H2,1-2H3. The van der Waals surface area contributed by atoms with Crippen LogP contribution >= 0.6 is 0 Å². The van der Waals surface area contributed by atoms with Crippen LogP contribution in [-0.2, 0) is 0 Å². The van der Waals surface area contributed by atoms with E-state index < -0.39 is 5.95 Å². The molecule has 3 aromatic rings. The Bertz CT molecular complexity index is 941. The van der Waals surface area contributed by atoms with E-state index in [0.29, 0.717) is 11.6 Å². The van der Waals surface area contributed by atoms with E-state index in [4.69, 9.17) is 0 Å². The lowest BCUT2D eigenvalue weighted by molar-refractivity contribution is 0.222. The second kappa shape index (κ2) is 8.24. The molecule has 28 heavy (non-hydrogen) atoms. The summed E-state index contributed by atoms with van der Waals surface area (Å²) < 4.78 is 13.7. The van der Waals surface area contributed by atoms with E-state index in [1.54, 1.807) is 6.07 Å². The third-order valence-corrected chi connectivity index (χ3v) is 5.89. The zero-order valence-corrected chi connectivity index (χ0v) is 16.7. The molecule has 2 heterocycles. The fourth-order valence-corrected chi connectivity index (χ4v) is 4.20. The van der Waals surface area contributed by atoms with Crippen molar-refractivity contribution in [3.63, 3.8) is 0 Å². The van der Waals surface area contributed by atoms with Gasteiger partial charge in [0.15, 0.2) is 0 Å². The third-order valence-electron chi connectivity index (χ3n) is 5.89. The van der Waals surface area contributed by atoms with Gasteiger partial charge in [0.25, 0.3) is 0 Å². The second-order valence-electron chi connectivity index (χ2n) is 7.73. The van der Waals surface area contributed by atoms with Gasteiger partial charge in [0.1, 0.15) is 0 Å². The number of aromatic nitrogens is 1. The van der Waals surface area contributed by atoms with Crippen LogP contribution < -0.4 is 0 Å². The van der Waals surface area contributed by atoms with E-state index >= 15 is 0 Å². The first-order chi connectivity index (χ1) is 13.6. The van der Waals surface area contributed by atoms with Crippen molar-refractivity contribution in [1.82, 2.24) is 9.88 Å². The lowest BCUT2D eigenvalue weighted by Gasteiger charge is -2.31. The highest BCUT2D eigenvalue weighted by Gasteiger charge is 2.19. The van der Waals surface area contributed by atoms with Crippen LogP contribution in [0.15, 0.2) is 60.7 Å². The fraction of sp³-hybridized carbons (Fsp3) is 0.320. The average Bonchev–Trinajstić information content (AvgIpc) is 2.74. The Hall–Kier alpha value is -2.52. The lowest BCUT2D eigenvalue weighted by Crippen LogP contribution is -2.32. The topological polar surface area (TPSA) is 16.1 Å².